The Labute approximate surface area is 95.5 Å². The van der Waals surface area contributed by atoms with Crippen LogP contribution in [0, 0.1) is 5.82 Å². The number of halogens is 1. The molecular weight excluding hydrogens is 205 g/mol. The zero-order valence-electron chi connectivity index (χ0n) is 9.38. The molecule has 16 heavy (non-hydrogen) atoms. The van der Waals surface area contributed by atoms with E-state index in [2.05, 4.69) is 5.32 Å². The molecule has 0 radical (unpaired) electrons. The van der Waals surface area contributed by atoms with Gasteiger partial charge in [0.05, 0.1) is 6.61 Å². The molecule has 0 aromatic heterocycles. The summed E-state index contributed by atoms with van der Waals surface area (Å²) in [6.07, 6.45) is 6.17. The molecule has 2 rings (SSSR count). The first-order valence-corrected chi connectivity index (χ1v) is 5.95. The van der Waals surface area contributed by atoms with Crippen molar-refractivity contribution in [2.45, 2.75) is 44.8 Å². The molecule has 1 aliphatic carbocycles. The minimum Gasteiger partial charge on any atom is -0.392 e. The predicted molar refractivity (Wildman–Crippen MR) is 62.8 cm³/mol. The van der Waals surface area contributed by atoms with Crippen LogP contribution in [0.5, 0.6) is 0 Å². The van der Waals surface area contributed by atoms with Crippen molar-refractivity contribution in [2.24, 2.45) is 0 Å². The van der Waals surface area contributed by atoms with Crippen LogP contribution in [0.25, 0.3) is 0 Å². The third kappa shape index (κ3) is 2.73. The van der Waals surface area contributed by atoms with E-state index in [9.17, 15) is 4.39 Å². The van der Waals surface area contributed by atoms with Crippen molar-refractivity contribution in [1.29, 1.82) is 0 Å². The summed E-state index contributed by atoms with van der Waals surface area (Å²) in [4.78, 5) is 0. The second kappa shape index (κ2) is 5.30. The van der Waals surface area contributed by atoms with Crippen molar-refractivity contribution >= 4 is 5.69 Å². The topological polar surface area (TPSA) is 32.3 Å². The third-order valence-corrected chi connectivity index (χ3v) is 3.20. The standard InChI is InChI=1S/C13H18FNO/c14-13-8-12(7-6-10(13)9-16)15-11-4-2-1-3-5-11/h6-8,11,15-16H,1-5,9H2. The summed E-state index contributed by atoms with van der Waals surface area (Å²) in [6.45, 7) is -0.241. The Morgan fingerprint density at radius 3 is 2.62 bits per heavy atom. The lowest BCUT2D eigenvalue weighted by Crippen LogP contribution is -2.22. The largest absolute Gasteiger partial charge is 0.392 e. The van der Waals surface area contributed by atoms with Crippen molar-refractivity contribution < 1.29 is 9.50 Å². The monoisotopic (exact) mass is 223 g/mol. The van der Waals surface area contributed by atoms with Crippen LogP contribution in [0.15, 0.2) is 18.2 Å². The molecule has 0 atom stereocenters. The fourth-order valence-electron chi connectivity index (χ4n) is 2.25. The van der Waals surface area contributed by atoms with E-state index in [1.165, 1.54) is 38.2 Å². The Bertz CT molecular complexity index is 348. The van der Waals surface area contributed by atoms with Crippen LogP contribution in [0.2, 0.25) is 0 Å². The van der Waals surface area contributed by atoms with Gasteiger partial charge in [-0.05, 0) is 25.0 Å². The van der Waals surface area contributed by atoms with Crippen LogP contribution in [0.3, 0.4) is 0 Å². The van der Waals surface area contributed by atoms with E-state index in [0.29, 0.717) is 11.6 Å². The lowest BCUT2D eigenvalue weighted by Gasteiger charge is -2.24. The molecule has 2 N–H and O–H groups in total. The van der Waals surface area contributed by atoms with Gasteiger partial charge in [-0.25, -0.2) is 4.39 Å². The van der Waals surface area contributed by atoms with Crippen molar-refractivity contribution in [2.75, 3.05) is 5.32 Å². The molecule has 0 amide bonds. The molecule has 0 unspecified atom stereocenters. The smallest absolute Gasteiger partial charge is 0.130 e. The lowest BCUT2D eigenvalue weighted by molar-refractivity contribution is 0.276. The average Bonchev–Trinajstić information content (AvgIpc) is 2.31. The van der Waals surface area contributed by atoms with Gasteiger partial charge in [-0.3, -0.25) is 0 Å². The SMILES string of the molecule is OCc1ccc(NC2CCCCC2)cc1F. The van der Waals surface area contributed by atoms with Crippen molar-refractivity contribution in [3.63, 3.8) is 0 Å². The first kappa shape index (κ1) is 11.4. The molecule has 1 aromatic rings. The van der Waals surface area contributed by atoms with Gasteiger partial charge >= 0.3 is 0 Å². The summed E-state index contributed by atoms with van der Waals surface area (Å²) in [5.41, 5.74) is 1.18. The van der Waals surface area contributed by atoms with E-state index in [4.69, 9.17) is 5.11 Å². The van der Waals surface area contributed by atoms with Gasteiger partial charge in [0.25, 0.3) is 0 Å². The maximum absolute atomic E-state index is 13.4. The highest BCUT2D eigenvalue weighted by atomic mass is 19.1. The second-order valence-corrected chi connectivity index (χ2v) is 4.44. The maximum atomic E-state index is 13.4. The maximum Gasteiger partial charge on any atom is 0.130 e. The second-order valence-electron chi connectivity index (χ2n) is 4.44. The van der Waals surface area contributed by atoms with Crippen molar-refractivity contribution in [3.05, 3.63) is 29.6 Å². The molecule has 2 nitrogen and oxygen atoms in total. The molecule has 0 spiro atoms. The van der Waals surface area contributed by atoms with E-state index in [1.54, 1.807) is 6.07 Å². The van der Waals surface area contributed by atoms with E-state index < -0.39 is 0 Å². The fourth-order valence-corrected chi connectivity index (χ4v) is 2.25. The zero-order valence-corrected chi connectivity index (χ0v) is 9.38. The summed E-state index contributed by atoms with van der Waals surface area (Å²) in [7, 11) is 0. The van der Waals surface area contributed by atoms with Crippen molar-refractivity contribution in [3.8, 4) is 0 Å². The molecule has 0 heterocycles. The minimum atomic E-state index is -0.330. The lowest BCUT2D eigenvalue weighted by atomic mass is 9.95. The van der Waals surface area contributed by atoms with Crippen LogP contribution >= 0.6 is 0 Å². The highest BCUT2D eigenvalue weighted by Crippen LogP contribution is 2.22. The van der Waals surface area contributed by atoms with Gasteiger partial charge in [0.2, 0.25) is 0 Å². The van der Waals surface area contributed by atoms with Gasteiger partial charge in [-0.1, -0.05) is 25.3 Å². The summed E-state index contributed by atoms with van der Waals surface area (Å²) >= 11 is 0. The quantitative estimate of drug-likeness (QED) is 0.825. The predicted octanol–water partition coefficient (Wildman–Crippen LogP) is 3.06. The fraction of sp³-hybridized carbons (Fsp3) is 0.538. The molecule has 0 bridgehead atoms. The van der Waals surface area contributed by atoms with Gasteiger partial charge in [0, 0.05) is 17.3 Å². The number of aliphatic hydroxyl groups is 1. The van der Waals surface area contributed by atoms with Crippen LogP contribution in [0.4, 0.5) is 10.1 Å². The van der Waals surface area contributed by atoms with E-state index in [0.717, 1.165) is 5.69 Å². The van der Waals surface area contributed by atoms with Gasteiger partial charge in [-0.2, -0.15) is 0 Å². The molecule has 1 fully saturated rings. The normalized spacial score (nSPS) is 17.4. The number of rotatable bonds is 3. The number of nitrogens with one attached hydrogen (secondary N) is 1. The van der Waals surface area contributed by atoms with Crippen LogP contribution in [0.1, 0.15) is 37.7 Å². The number of hydrogen-bond donors (Lipinski definition) is 2. The van der Waals surface area contributed by atoms with Gasteiger partial charge < -0.3 is 10.4 Å². The van der Waals surface area contributed by atoms with Gasteiger partial charge in [-0.15, -0.1) is 0 Å². The van der Waals surface area contributed by atoms with Crippen molar-refractivity contribution in [1.82, 2.24) is 0 Å². The van der Waals surface area contributed by atoms with Crippen LogP contribution < -0.4 is 5.32 Å². The Morgan fingerprint density at radius 1 is 1.25 bits per heavy atom. The first-order valence-electron chi connectivity index (χ1n) is 5.95. The van der Waals surface area contributed by atoms with E-state index >= 15 is 0 Å². The van der Waals surface area contributed by atoms with Crippen LogP contribution in [-0.4, -0.2) is 11.1 Å². The average molecular weight is 223 g/mol. The summed E-state index contributed by atoms with van der Waals surface area (Å²) in [5, 5.41) is 12.2. The minimum absolute atomic E-state index is 0.241. The molecule has 88 valence electrons. The number of anilines is 1. The summed E-state index contributed by atoms with van der Waals surface area (Å²) in [5.74, 6) is -0.330. The first-order chi connectivity index (χ1) is 7.79. The Kier molecular flexibility index (Phi) is 3.78. The number of hydrogen-bond acceptors (Lipinski definition) is 2. The van der Waals surface area contributed by atoms with Crippen LogP contribution in [-0.2, 0) is 6.61 Å². The third-order valence-electron chi connectivity index (χ3n) is 3.20. The Balaban J connectivity index is 2.01. The zero-order chi connectivity index (χ0) is 11.4. The highest BCUT2D eigenvalue weighted by Gasteiger charge is 2.13. The Hall–Kier alpha value is -1.09. The van der Waals surface area contributed by atoms with Gasteiger partial charge in [0.15, 0.2) is 0 Å². The molecule has 0 saturated heterocycles. The summed E-state index contributed by atoms with van der Waals surface area (Å²) in [6, 6.07) is 5.43. The molecule has 1 aliphatic rings. The highest BCUT2D eigenvalue weighted by molar-refractivity contribution is 5.46. The van der Waals surface area contributed by atoms with Gasteiger partial charge in [0.1, 0.15) is 5.82 Å². The molecule has 3 heteroatoms. The Morgan fingerprint density at radius 2 is 2.00 bits per heavy atom. The number of aliphatic hydroxyl groups excluding tert-OH is 1. The number of benzene rings is 1. The molecular formula is C13H18FNO. The molecule has 1 aromatic carbocycles. The van der Waals surface area contributed by atoms with E-state index in [1.807, 2.05) is 6.07 Å². The molecule has 1 saturated carbocycles. The molecule has 0 aliphatic heterocycles. The summed E-state index contributed by atoms with van der Waals surface area (Å²) < 4.78 is 13.4. The van der Waals surface area contributed by atoms with E-state index in [-0.39, 0.29) is 12.4 Å².